The van der Waals surface area contributed by atoms with Gasteiger partial charge in [-0.05, 0) is 54.2 Å². The number of benzene rings is 2. The van der Waals surface area contributed by atoms with Gasteiger partial charge in [0.05, 0.1) is 15.8 Å². The molecule has 0 atom stereocenters. The van der Waals surface area contributed by atoms with Crippen LogP contribution in [0.4, 0.5) is 5.13 Å². The van der Waals surface area contributed by atoms with E-state index in [1.54, 1.807) is 12.1 Å². The first kappa shape index (κ1) is 13.3. The lowest BCUT2D eigenvalue weighted by Crippen LogP contribution is -1.95. The number of nitrogens with two attached hydrogens (primary N) is 1. The Morgan fingerprint density at radius 2 is 1.95 bits per heavy atom. The van der Waals surface area contributed by atoms with Crippen molar-refractivity contribution in [3.05, 3.63) is 47.5 Å². The van der Waals surface area contributed by atoms with Crippen molar-refractivity contribution >= 4 is 32.7 Å². The van der Waals surface area contributed by atoms with Gasteiger partial charge in [0.15, 0.2) is 5.13 Å². The predicted octanol–water partition coefficient (Wildman–Crippen LogP) is 4.12. The number of carboxylic acid groups (broad SMARTS) is 1. The number of fused-ring (bicyclic) bond motifs is 1. The van der Waals surface area contributed by atoms with Gasteiger partial charge in [0, 0.05) is 5.56 Å². The quantitative estimate of drug-likeness (QED) is 0.763. The van der Waals surface area contributed by atoms with E-state index in [2.05, 4.69) is 17.1 Å². The Balaban J connectivity index is 1.90. The largest absolute Gasteiger partial charge is 0.478 e. The molecule has 0 bridgehead atoms. The third kappa shape index (κ3) is 2.23. The van der Waals surface area contributed by atoms with E-state index in [1.165, 1.54) is 29.7 Å². The molecule has 0 radical (unpaired) electrons. The summed E-state index contributed by atoms with van der Waals surface area (Å²) in [6.45, 7) is 0. The van der Waals surface area contributed by atoms with Gasteiger partial charge in [-0.1, -0.05) is 23.5 Å². The normalized spacial score (nSPS) is 14.4. The van der Waals surface area contributed by atoms with Crippen molar-refractivity contribution in [3.8, 4) is 11.1 Å². The Kier molecular flexibility index (Phi) is 2.90. The Labute approximate surface area is 131 Å². The SMILES string of the molecule is Nc1nc2c(-c3ccc(C(=O)O)cc3)cc(C3CC3)cc2s1. The summed E-state index contributed by atoms with van der Waals surface area (Å²) >= 11 is 1.50. The fourth-order valence-corrected chi connectivity index (χ4v) is 3.54. The molecular weight excluding hydrogens is 296 g/mol. The number of aromatic carboxylic acids is 1. The summed E-state index contributed by atoms with van der Waals surface area (Å²) in [4.78, 5) is 15.4. The Morgan fingerprint density at radius 1 is 1.23 bits per heavy atom. The van der Waals surface area contributed by atoms with Crippen LogP contribution >= 0.6 is 11.3 Å². The minimum Gasteiger partial charge on any atom is -0.478 e. The van der Waals surface area contributed by atoms with Gasteiger partial charge >= 0.3 is 5.97 Å². The van der Waals surface area contributed by atoms with Crippen molar-refractivity contribution in [2.75, 3.05) is 5.73 Å². The number of aromatic nitrogens is 1. The van der Waals surface area contributed by atoms with Gasteiger partial charge in [0.1, 0.15) is 0 Å². The molecule has 3 aromatic rings. The first-order valence-corrected chi connectivity index (χ1v) is 7.97. The minimum atomic E-state index is -0.915. The molecule has 0 spiro atoms. The van der Waals surface area contributed by atoms with Crippen molar-refractivity contribution in [3.63, 3.8) is 0 Å². The van der Waals surface area contributed by atoms with Crippen molar-refractivity contribution in [2.24, 2.45) is 0 Å². The molecule has 4 rings (SSSR count). The summed E-state index contributed by atoms with van der Waals surface area (Å²) < 4.78 is 1.10. The van der Waals surface area contributed by atoms with Crippen LogP contribution in [0.15, 0.2) is 36.4 Å². The summed E-state index contributed by atoms with van der Waals surface area (Å²) in [7, 11) is 0. The van der Waals surface area contributed by atoms with Gasteiger partial charge in [0.25, 0.3) is 0 Å². The Morgan fingerprint density at radius 3 is 2.59 bits per heavy atom. The summed E-state index contributed by atoms with van der Waals surface area (Å²) in [5.74, 6) is -0.272. The van der Waals surface area contributed by atoms with Gasteiger partial charge in [-0.15, -0.1) is 0 Å². The van der Waals surface area contributed by atoms with Crippen LogP contribution in [0, 0.1) is 0 Å². The summed E-state index contributed by atoms with van der Waals surface area (Å²) in [6, 6.07) is 11.3. The van der Waals surface area contributed by atoms with E-state index >= 15 is 0 Å². The zero-order valence-corrected chi connectivity index (χ0v) is 12.6. The third-order valence-electron chi connectivity index (χ3n) is 4.03. The van der Waals surface area contributed by atoms with Crippen LogP contribution in [0.25, 0.3) is 21.3 Å². The molecule has 5 heteroatoms. The van der Waals surface area contributed by atoms with E-state index in [0.29, 0.717) is 11.0 Å². The average molecular weight is 310 g/mol. The highest BCUT2D eigenvalue weighted by Crippen LogP contribution is 2.44. The molecular formula is C17H14N2O2S. The third-order valence-corrected chi connectivity index (χ3v) is 4.86. The van der Waals surface area contributed by atoms with E-state index in [4.69, 9.17) is 10.8 Å². The molecule has 0 unspecified atom stereocenters. The summed E-state index contributed by atoms with van der Waals surface area (Å²) in [5.41, 5.74) is 10.4. The van der Waals surface area contributed by atoms with Crippen LogP contribution < -0.4 is 5.73 Å². The number of hydrogen-bond donors (Lipinski definition) is 2. The second-order valence-corrected chi connectivity index (χ2v) is 6.69. The van der Waals surface area contributed by atoms with Crippen molar-refractivity contribution in [2.45, 2.75) is 18.8 Å². The van der Waals surface area contributed by atoms with Crippen molar-refractivity contribution in [1.82, 2.24) is 4.98 Å². The van der Waals surface area contributed by atoms with Crippen LogP contribution in [0.5, 0.6) is 0 Å². The molecule has 1 aliphatic rings. The second kappa shape index (κ2) is 4.81. The van der Waals surface area contributed by atoms with Crippen LogP contribution in [0.1, 0.15) is 34.7 Å². The second-order valence-electron chi connectivity index (χ2n) is 5.62. The molecule has 0 aliphatic heterocycles. The standard InChI is InChI=1S/C17H14N2O2S/c18-17-19-15-13(10-3-5-11(6-4-10)16(20)21)7-12(9-1-2-9)8-14(15)22-17/h3-9H,1-2H2,(H2,18,19)(H,20,21). The van der Waals surface area contributed by atoms with E-state index in [0.717, 1.165) is 21.3 Å². The van der Waals surface area contributed by atoms with Crippen molar-refractivity contribution in [1.29, 1.82) is 0 Å². The zero-order chi connectivity index (χ0) is 15.3. The molecule has 3 N–H and O–H groups in total. The highest BCUT2D eigenvalue weighted by atomic mass is 32.1. The van der Waals surface area contributed by atoms with E-state index in [-0.39, 0.29) is 5.56 Å². The van der Waals surface area contributed by atoms with Gasteiger partial charge in [-0.3, -0.25) is 0 Å². The van der Waals surface area contributed by atoms with Crippen LogP contribution in [0.3, 0.4) is 0 Å². The van der Waals surface area contributed by atoms with Gasteiger partial charge < -0.3 is 10.8 Å². The zero-order valence-electron chi connectivity index (χ0n) is 11.7. The van der Waals surface area contributed by atoms with E-state index < -0.39 is 5.97 Å². The number of nitrogen functional groups attached to an aromatic ring is 1. The highest BCUT2D eigenvalue weighted by molar-refractivity contribution is 7.22. The van der Waals surface area contributed by atoms with Crippen LogP contribution in [-0.2, 0) is 0 Å². The predicted molar refractivity (Wildman–Crippen MR) is 88.4 cm³/mol. The summed E-state index contributed by atoms with van der Waals surface area (Å²) in [5, 5.41) is 9.58. The molecule has 110 valence electrons. The lowest BCUT2D eigenvalue weighted by Gasteiger charge is -2.07. The summed E-state index contributed by atoms with van der Waals surface area (Å²) in [6.07, 6.45) is 2.47. The Bertz CT molecular complexity index is 880. The van der Waals surface area contributed by atoms with E-state index in [1.807, 2.05) is 12.1 Å². The molecule has 1 fully saturated rings. The van der Waals surface area contributed by atoms with Crippen LogP contribution in [-0.4, -0.2) is 16.1 Å². The molecule has 0 saturated heterocycles. The molecule has 2 aromatic carbocycles. The maximum absolute atomic E-state index is 11.0. The number of hydrogen-bond acceptors (Lipinski definition) is 4. The maximum atomic E-state index is 11.0. The fourth-order valence-electron chi connectivity index (χ4n) is 2.73. The van der Waals surface area contributed by atoms with E-state index in [9.17, 15) is 4.79 Å². The molecule has 1 aromatic heterocycles. The molecule has 1 aliphatic carbocycles. The van der Waals surface area contributed by atoms with Gasteiger partial charge in [0.2, 0.25) is 0 Å². The molecule has 1 saturated carbocycles. The number of carboxylic acids is 1. The number of thiazole rings is 1. The average Bonchev–Trinajstić information content (AvgIpc) is 3.28. The van der Waals surface area contributed by atoms with Crippen molar-refractivity contribution < 1.29 is 9.90 Å². The maximum Gasteiger partial charge on any atom is 0.335 e. The number of anilines is 1. The molecule has 1 heterocycles. The molecule has 0 amide bonds. The van der Waals surface area contributed by atoms with Gasteiger partial charge in [-0.25, -0.2) is 9.78 Å². The molecule has 22 heavy (non-hydrogen) atoms. The first-order valence-electron chi connectivity index (χ1n) is 7.15. The Hall–Kier alpha value is -2.40. The monoisotopic (exact) mass is 310 g/mol. The van der Waals surface area contributed by atoms with Gasteiger partial charge in [-0.2, -0.15) is 0 Å². The lowest BCUT2D eigenvalue weighted by molar-refractivity contribution is 0.0697. The first-order chi connectivity index (χ1) is 10.6. The topological polar surface area (TPSA) is 76.2 Å². The smallest absolute Gasteiger partial charge is 0.335 e. The van der Waals surface area contributed by atoms with Crippen LogP contribution in [0.2, 0.25) is 0 Å². The lowest BCUT2D eigenvalue weighted by atomic mass is 9.99. The number of rotatable bonds is 3. The molecule has 4 nitrogen and oxygen atoms in total. The number of carbonyl (C=O) groups is 1. The fraction of sp³-hybridized carbons (Fsp3) is 0.176. The number of nitrogens with zero attached hydrogens (tertiary/aromatic N) is 1. The minimum absolute atomic E-state index is 0.288. The highest BCUT2D eigenvalue weighted by Gasteiger charge is 2.25.